The van der Waals surface area contributed by atoms with Crippen LogP contribution >= 0.6 is 0 Å². The minimum atomic E-state index is 0.198. The molecule has 2 aliphatic rings. The number of anilines is 1. The van der Waals surface area contributed by atoms with E-state index in [9.17, 15) is 0 Å². The van der Waals surface area contributed by atoms with E-state index in [2.05, 4.69) is 38.7 Å². The van der Waals surface area contributed by atoms with Gasteiger partial charge in [-0.3, -0.25) is 4.90 Å². The largest absolute Gasteiger partial charge is 0.379 e. The van der Waals surface area contributed by atoms with Crippen molar-refractivity contribution in [1.29, 1.82) is 0 Å². The van der Waals surface area contributed by atoms with Gasteiger partial charge >= 0.3 is 0 Å². The molecule has 0 saturated carbocycles. The number of aryl methyl sites for hydroxylation is 1. The Balaban J connectivity index is 1.58. The first-order valence-electron chi connectivity index (χ1n) is 9.12. The predicted octanol–water partition coefficient (Wildman–Crippen LogP) is 0.533. The van der Waals surface area contributed by atoms with Crippen molar-refractivity contribution in [2.45, 2.75) is 26.4 Å². The molecule has 0 aromatic carbocycles. The van der Waals surface area contributed by atoms with Crippen molar-refractivity contribution < 1.29 is 9.47 Å². The maximum absolute atomic E-state index is 6.04. The van der Waals surface area contributed by atoms with E-state index in [0.29, 0.717) is 5.78 Å². The van der Waals surface area contributed by atoms with Crippen molar-refractivity contribution in [1.82, 2.24) is 24.5 Å². The highest BCUT2D eigenvalue weighted by molar-refractivity contribution is 5.55. The molecule has 136 valence electrons. The highest BCUT2D eigenvalue weighted by atomic mass is 16.5. The number of hydrogen-bond donors (Lipinski definition) is 0. The van der Waals surface area contributed by atoms with Crippen molar-refractivity contribution in [3.05, 3.63) is 17.6 Å². The van der Waals surface area contributed by atoms with Gasteiger partial charge in [-0.25, -0.2) is 4.98 Å². The third-order valence-electron chi connectivity index (χ3n) is 5.06. The molecule has 1 atom stereocenters. The first-order valence-corrected chi connectivity index (χ1v) is 9.12. The third-order valence-corrected chi connectivity index (χ3v) is 5.06. The SMILES string of the molecule is CCc1c(C)nc2ncnn2c1N1CCOC(CN2CCOCC2)C1. The van der Waals surface area contributed by atoms with E-state index >= 15 is 0 Å². The highest BCUT2D eigenvalue weighted by Gasteiger charge is 2.27. The summed E-state index contributed by atoms with van der Waals surface area (Å²) in [6.45, 7) is 11.3. The predicted molar refractivity (Wildman–Crippen MR) is 94.1 cm³/mol. The zero-order valence-corrected chi connectivity index (χ0v) is 15.0. The molecule has 4 heterocycles. The first-order chi connectivity index (χ1) is 12.3. The summed E-state index contributed by atoms with van der Waals surface area (Å²) in [5.74, 6) is 1.79. The molecule has 2 fully saturated rings. The van der Waals surface area contributed by atoms with E-state index in [1.165, 1.54) is 5.56 Å². The third kappa shape index (κ3) is 3.33. The minimum Gasteiger partial charge on any atom is -0.379 e. The molecule has 2 aliphatic heterocycles. The van der Waals surface area contributed by atoms with Gasteiger partial charge in [0.1, 0.15) is 12.1 Å². The van der Waals surface area contributed by atoms with E-state index < -0.39 is 0 Å². The van der Waals surface area contributed by atoms with Crippen LogP contribution in [0.25, 0.3) is 5.78 Å². The van der Waals surface area contributed by atoms with Crippen LogP contribution in [0, 0.1) is 6.92 Å². The van der Waals surface area contributed by atoms with Gasteiger partial charge in [0.15, 0.2) is 0 Å². The van der Waals surface area contributed by atoms with Gasteiger partial charge in [0.25, 0.3) is 5.78 Å². The van der Waals surface area contributed by atoms with Crippen LogP contribution in [0.1, 0.15) is 18.2 Å². The van der Waals surface area contributed by atoms with Gasteiger partial charge in [0.2, 0.25) is 0 Å². The van der Waals surface area contributed by atoms with Gasteiger partial charge < -0.3 is 14.4 Å². The fourth-order valence-electron chi connectivity index (χ4n) is 3.80. The Labute approximate surface area is 147 Å². The molecule has 0 N–H and O–H groups in total. The van der Waals surface area contributed by atoms with E-state index in [-0.39, 0.29) is 6.10 Å². The lowest BCUT2D eigenvalue weighted by molar-refractivity contribution is -0.0173. The lowest BCUT2D eigenvalue weighted by Gasteiger charge is -2.38. The average molecular weight is 346 g/mol. The van der Waals surface area contributed by atoms with E-state index in [1.807, 2.05) is 4.52 Å². The first kappa shape index (κ1) is 16.7. The van der Waals surface area contributed by atoms with Crippen LogP contribution in [0.4, 0.5) is 5.82 Å². The van der Waals surface area contributed by atoms with Crippen LogP contribution in [-0.4, -0.2) is 83.1 Å². The molecule has 0 amide bonds. The molecule has 25 heavy (non-hydrogen) atoms. The Hall–Kier alpha value is -1.77. The second-order valence-corrected chi connectivity index (χ2v) is 6.68. The van der Waals surface area contributed by atoms with Crippen LogP contribution < -0.4 is 4.90 Å². The quantitative estimate of drug-likeness (QED) is 0.800. The number of rotatable bonds is 4. The van der Waals surface area contributed by atoms with Crippen LogP contribution in [0.2, 0.25) is 0 Å². The molecular weight excluding hydrogens is 320 g/mol. The molecule has 0 aliphatic carbocycles. The smallest absolute Gasteiger partial charge is 0.254 e. The fraction of sp³-hybridized carbons (Fsp3) is 0.706. The van der Waals surface area contributed by atoms with Crippen molar-refractivity contribution in [2.75, 3.05) is 57.4 Å². The molecule has 0 bridgehead atoms. The van der Waals surface area contributed by atoms with Crippen molar-refractivity contribution in [3.8, 4) is 0 Å². The van der Waals surface area contributed by atoms with Gasteiger partial charge in [-0.15, -0.1) is 0 Å². The van der Waals surface area contributed by atoms with Gasteiger partial charge in [-0.05, 0) is 13.3 Å². The van der Waals surface area contributed by atoms with Crippen molar-refractivity contribution in [2.24, 2.45) is 0 Å². The number of morpholine rings is 2. The van der Waals surface area contributed by atoms with Gasteiger partial charge in [-0.2, -0.15) is 14.6 Å². The maximum atomic E-state index is 6.04. The summed E-state index contributed by atoms with van der Waals surface area (Å²) in [7, 11) is 0. The highest BCUT2D eigenvalue weighted by Crippen LogP contribution is 2.26. The number of ether oxygens (including phenoxy) is 2. The summed E-state index contributed by atoms with van der Waals surface area (Å²) in [6.07, 6.45) is 2.70. The van der Waals surface area contributed by atoms with E-state index in [4.69, 9.17) is 9.47 Å². The Bertz CT molecular complexity index is 727. The summed E-state index contributed by atoms with van der Waals surface area (Å²) in [4.78, 5) is 13.7. The molecule has 2 aromatic heterocycles. The maximum Gasteiger partial charge on any atom is 0.254 e. The van der Waals surface area contributed by atoms with Gasteiger partial charge in [0.05, 0.1) is 25.9 Å². The summed E-state index contributed by atoms with van der Waals surface area (Å²) in [6, 6.07) is 0. The topological polar surface area (TPSA) is 68.0 Å². The fourth-order valence-corrected chi connectivity index (χ4v) is 3.80. The Morgan fingerprint density at radius 2 is 2.04 bits per heavy atom. The second-order valence-electron chi connectivity index (χ2n) is 6.68. The molecule has 0 spiro atoms. The summed E-state index contributed by atoms with van der Waals surface area (Å²) >= 11 is 0. The molecule has 2 aromatic rings. The Morgan fingerprint density at radius 3 is 2.84 bits per heavy atom. The Kier molecular flexibility index (Phi) is 4.82. The number of hydrogen-bond acceptors (Lipinski definition) is 7. The van der Waals surface area contributed by atoms with Crippen LogP contribution in [0.5, 0.6) is 0 Å². The molecular formula is C17H26N6O2. The standard InChI is InChI=1S/C17H26N6O2/c1-3-15-13(2)20-17-18-12-19-23(17)16(15)22-6-9-25-14(11-22)10-21-4-7-24-8-5-21/h12,14H,3-11H2,1-2H3. The summed E-state index contributed by atoms with van der Waals surface area (Å²) < 4.78 is 13.4. The minimum absolute atomic E-state index is 0.198. The number of aromatic nitrogens is 4. The van der Waals surface area contributed by atoms with E-state index in [1.54, 1.807) is 6.33 Å². The van der Waals surface area contributed by atoms with Crippen molar-refractivity contribution >= 4 is 11.6 Å². The zero-order chi connectivity index (χ0) is 17.2. The summed E-state index contributed by atoms with van der Waals surface area (Å²) in [5, 5.41) is 4.42. The van der Waals surface area contributed by atoms with Crippen LogP contribution in [-0.2, 0) is 15.9 Å². The molecule has 0 radical (unpaired) electrons. The lowest BCUT2D eigenvalue weighted by atomic mass is 10.1. The van der Waals surface area contributed by atoms with E-state index in [0.717, 1.165) is 70.5 Å². The van der Waals surface area contributed by atoms with Gasteiger partial charge in [0, 0.05) is 44.0 Å². The monoisotopic (exact) mass is 346 g/mol. The van der Waals surface area contributed by atoms with Crippen LogP contribution in [0.3, 0.4) is 0 Å². The number of nitrogens with zero attached hydrogens (tertiary/aromatic N) is 6. The molecule has 2 saturated heterocycles. The van der Waals surface area contributed by atoms with Crippen LogP contribution in [0.15, 0.2) is 6.33 Å². The molecule has 1 unspecified atom stereocenters. The molecule has 4 rings (SSSR count). The second kappa shape index (κ2) is 7.23. The molecule has 8 nitrogen and oxygen atoms in total. The lowest BCUT2D eigenvalue weighted by Crippen LogP contribution is -2.50. The molecule has 8 heteroatoms. The van der Waals surface area contributed by atoms with Crippen molar-refractivity contribution in [3.63, 3.8) is 0 Å². The zero-order valence-electron chi connectivity index (χ0n) is 15.0. The normalized spacial score (nSPS) is 22.6. The average Bonchev–Trinajstić information content (AvgIpc) is 3.09. The van der Waals surface area contributed by atoms with Gasteiger partial charge in [-0.1, -0.05) is 6.92 Å². The Morgan fingerprint density at radius 1 is 1.20 bits per heavy atom. The summed E-state index contributed by atoms with van der Waals surface area (Å²) in [5.41, 5.74) is 2.28. The number of fused-ring (bicyclic) bond motifs is 1.